The van der Waals surface area contributed by atoms with Gasteiger partial charge in [0.25, 0.3) is 0 Å². The van der Waals surface area contributed by atoms with Crippen LogP contribution >= 0.6 is 0 Å². The number of nitriles is 1. The van der Waals surface area contributed by atoms with Gasteiger partial charge in [0.2, 0.25) is 0 Å². The molecule has 1 aliphatic rings. The molecular weight excluding hydrogens is 212 g/mol. The molecule has 1 atom stereocenters. The Balaban J connectivity index is 2.67. The average molecular weight is 226 g/mol. The number of hydrogen-bond acceptors (Lipinski definition) is 4. The minimum Gasteiger partial charge on any atom is -0.465 e. The SMILES string of the molecule is CCOC(=O)C(C)(C#N)C1CN(C(=O)O)C1. The molecule has 0 aliphatic carbocycles. The van der Waals surface area contributed by atoms with E-state index < -0.39 is 17.5 Å². The normalized spacial score (nSPS) is 19.2. The summed E-state index contributed by atoms with van der Waals surface area (Å²) in [4.78, 5) is 23.3. The molecule has 1 unspecified atom stereocenters. The quantitative estimate of drug-likeness (QED) is 0.715. The van der Waals surface area contributed by atoms with Crippen molar-refractivity contribution < 1.29 is 19.4 Å². The van der Waals surface area contributed by atoms with Crippen LogP contribution in [0.4, 0.5) is 4.79 Å². The first kappa shape index (κ1) is 12.3. The van der Waals surface area contributed by atoms with E-state index in [9.17, 15) is 9.59 Å². The van der Waals surface area contributed by atoms with Crippen molar-refractivity contribution in [1.82, 2.24) is 4.90 Å². The molecule has 0 aromatic carbocycles. The first-order chi connectivity index (χ1) is 7.45. The highest BCUT2D eigenvalue weighted by Crippen LogP contribution is 2.35. The number of rotatable bonds is 3. The highest BCUT2D eigenvalue weighted by Gasteiger charge is 2.50. The van der Waals surface area contributed by atoms with Crippen molar-refractivity contribution in [3.05, 3.63) is 0 Å². The molecule has 1 fully saturated rings. The van der Waals surface area contributed by atoms with E-state index in [2.05, 4.69) is 0 Å². The maximum Gasteiger partial charge on any atom is 0.407 e. The van der Waals surface area contributed by atoms with Gasteiger partial charge in [0.05, 0.1) is 12.7 Å². The molecule has 0 bridgehead atoms. The maximum absolute atomic E-state index is 11.6. The molecule has 1 aliphatic heterocycles. The fourth-order valence-electron chi connectivity index (χ4n) is 1.58. The van der Waals surface area contributed by atoms with Crippen LogP contribution in [0.5, 0.6) is 0 Å². The van der Waals surface area contributed by atoms with Gasteiger partial charge in [-0.25, -0.2) is 4.79 Å². The molecule has 1 heterocycles. The van der Waals surface area contributed by atoms with Crippen LogP contribution in [0.1, 0.15) is 13.8 Å². The molecule has 88 valence electrons. The molecule has 1 N–H and O–H groups in total. The van der Waals surface area contributed by atoms with Crippen LogP contribution in [0.15, 0.2) is 0 Å². The molecule has 0 spiro atoms. The number of amides is 1. The molecule has 0 saturated carbocycles. The summed E-state index contributed by atoms with van der Waals surface area (Å²) in [6.07, 6.45) is -1.03. The number of carboxylic acid groups (broad SMARTS) is 1. The van der Waals surface area contributed by atoms with Crippen molar-refractivity contribution in [2.24, 2.45) is 11.3 Å². The zero-order chi connectivity index (χ0) is 12.3. The highest BCUT2D eigenvalue weighted by atomic mass is 16.5. The second-order valence-electron chi connectivity index (χ2n) is 3.92. The van der Waals surface area contributed by atoms with Crippen molar-refractivity contribution in [3.8, 4) is 6.07 Å². The van der Waals surface area contributed by atoms with Crippen LogP contribution < -0.4 is 0 Å². The number of likely N-dealkylation sites (tertiary alicyclic amines) is 1. The lowest BCUT2D eigenvalue weighted by Crippen LogP contribution is -2.57. The van der Waals surface area contributed by atoms with Gasteiger partial charge in [-0.3, -0.25) is 4.79 Å². The Morgan fingerprint density at radius 3 is 2.56 bits per heavy atom. The van der Waals surface area contributed by atoms with Crippen molar-refractivity contribution in [2.75, 3.05) is 19.7 Å². The number of ether oxygens (including phenoxy) is 1. The van der Waals surface area contributed by atoms with Gasteiger partial charge in [-0.1, -0.05) is 0 Å². The van der Waals surface area contributed by atoms with Gasteiger partial charge in [0, 0.05) is 19.0 Å². The van der Waals surface area contributed by atoms with Gasteiger partial charge in [-0.05, 0) is 13.8 Å². The smallest absolute Gasteiger partial charge is 0.407 e. The first-order valence-corrected chi connectivity index (χ1v) is 5.02. The van der Waals surface area contributed by atoms with E-state index in [1.54, 1.807) is 6.92 Å². The summed E-state index contributed by atoms with van der Waals surface area (Å²) in [7, 11) is 0. The Morgan fingerprint density at radius 2 is 2.19 bits per heavy atom. The largest absolute Gasteiger partial charge is 0.465 e. The number of carbonyl (C=O) groups excluding carboxylic acids is 1. The van der Waals surface area contributed by atoms with Crippen molar-refractivity contribution in [3.63, 3.8) is 0 Å². The van der Waals surface area contributed by atoms with Gasteiger partial charge < -0.3 is 14.7 Å². The van der Waals surface area contributed by atoms with E-state index in [4.69, 9.17) is 15.1 Å². The minimum absolute atomic E-state index is 0.207. The van der Waals surface area contributed by atoms with Crippen molar-refractivity contribution >= 4 is 12.1 Å². The fourth-order valence-corrected chi connectivity index (χ4v) is 1.58. The molecule has 6 heteroatoms. The standard InChI is InChI=1S/C10H14N2O4/c1-3-16-8(13)10(2,6-11)7-4-12(5-7)9(14)15/h7H,3-5H2,1-2H3,(H,14,15). The summed E-state index contributed by atoms with van der Waals surface area (Å²) in [5.41, 5.74) is -1.25. The van der Waals surface area contributed by atoms with Crippen LogP contribution in [0, 0.1) is 22.7 Å². The van der Waals surface area contributed by atoms with Crippen LogP contribution in [0.3, 0.4) is 0 Å². The molecule has 1 rings (SSSR count). The van der Waals surface area contributed by atoms with Gasteiger partial charge in [-0.2, -0.15) is 5.26 Å². The summed E-state index contributed by atoms with van der Waals surface area (Å²) in [6, 6.07) is 1.93. The lowest BCUT2D eigenvalue weighted by atomic mass is 9.74. The topological polar surface area (TPSA) is 90.6 Å². The minimum atomic E-state index is -1.25. The number of carbonyl (C=O) groups is 2. The summed E-state index contributed by atoms with van der Waals surface area (Å²) >= 11 is 0. The Morgan fingerprint density at radius 1 is 1.62 bits per heavy atom. The van der Waals surface area contributed by atoms with Crippen LogP contribution in [-0.4, -0.2) is 41.8 Å². The average Bonchev–Trinajstić information content (AvgIpc) is 2.14. The van der Waals surface area contributed by atoms with E-state index in [1.165, 1.54) is 11.8 Å². The number of hydrogen-bond donors (Lipinski definition) is 1. The van der Waals surface area contributed by atoms with E-state index >= 15 is 0 Å². The Hall–Kier alpha value is -1.77. The van der Waals surface area contributed by atoms with Gasteiger partial charge >= 0.3 is 12.1 Å². The third-order valence-electron chi connectivity index (χ3n) is 2.90. The maximum atomic E-state index is 11.6. The second kappa shape index (κ2) is 4.39. The van der Waals surface area contributed by atoms with Gasteiger partial charge in [0.1, 0.15) is 0 Å². The second-order valence-corrected chi connectivity index (χ2v) is 3.92. The Kier molecular flexibility index (Phi) is 3.38. The number of esters is 1. The first-order valence-electron chi connectivity index (χ1n) is 5.02. The summed E-state index contributed by atoms with van der Waals surface area (Å²) in [6.45, 7) is 3.79. The molecule has 16 heavy (non-hydrogen) atoms. The van der Waals surface area contributed by atoms with E-state index in [0.717, 1.165) is 0 Å². The molecule has 1 saturated heterocycles. The Bertz CT molecular complexity index is 343. The van der Waals surface area contributed by atoms with Gasteiger partial charge in [0.15, 0.2) is 5.41 Å². The van der Waals surface area contributed by atoms with Crippen molar-refractivity contribution in [2.45, 2.75) is 13.8 Å². The third kappa shape index (κ3) is 1.94. The molecule has 1 amide bonds. The monoisotopic (exact) mass is 226 g/mol. The van der Waals surface area contributed by atoms with Crippen LogP contribution in [0.25, 0.3) is 0 Å². The zero-order valence-electron chi connectivity index (χ0n) is 9.27. The van der Waals surface area contributed by atoms with Crippen LogP contribution in [-0.2, 0) is 9.53 Å². The van der Waals surface area contributed by atoms with E-state index in [0.29, 0.717) is 0 Å². The predicted octanol–water partition coefficient (Wildman–Crippen LogP) is 0.689. The van der Waals surface area contributed by atoms with E-state index in [-0.39, 0.29) is 25.6 Å². The Labute approximate surface area is 93.4 Å². The molecular formula is C10H14N2O4. The predicted molar refractivity (Wildman–Crippen MR) is 53.4 cm³/mol. The summed E-state index contributed by atoms with van der Waals surface area (Å²) in [5.74, 6) is -0.861. The molecule has 6 nitrogen and oxygen atoms in total. The van der Waals surface area contributed by atoms with Gasteiger partial charge in [-0.15, -0.1) is 0 Å². The highest BCUT2D eigenvalue weighted by molar-refractivity contribution is 5.80. The molecule has 0 aromatic heterocycles. The third-order valence-corrected chi connectivity index (χ3v) is 2.90. The summed E-state index contributed by atoms with van der Waals surface area (Å²) < 4.78 is 4.82. The number of nitrogens with zero attached hydrogens (tertiary/aromatic N) is 2. The molecule has 0 aromatic rings. The van der Waals surface area contributed by atoms with Crippen molar-refractivity contribution in [1.29, 1.82) is 5.26 Å². The zero-order valence-corrected chi connectivity index (χ0v) is 9.27. The molecule has 0 radical (unpaired) electrons. The van der Waals surface area contributed by atoms with Crippen LogP contribution in [0.2, 0.25) is 0 Å². The summed E-state index contributed by atoms with van der Waals surface area (Å²) in [5, 5.41) is 17.7. The fraction of sp³-hybridized carbons (Fsp3) is 0.700. The lowest BCUT2D eigenvalue weighted by molar-refractivity contribution is -0.156. The lowest BCUT2D eigenvalue weighted by Gasteiger charge is -2.42. The van der Waals surface area contributed by atoms with E-state index in [1.807, 2.05) is 6.07 Å².